The van der Waals surface area contributed by atoms with Gasteiger partial charge in [-0.1, -0.05) is 53.5 Å². The Hall–Kier alpha value is -1.71. The first-order valence-electron chi connectivity index (χ1n) is 5.54. The highest BCUT2D eigenvalue weighted by molar-refractivity contribution is 6.37. The molecule has 2 aromatic carbocycles. The molecule has 0 amide bonds. The zero-order valence-corrected chi connectivity index (χ0v) is 11.4. The van der Waals surface area contributed by atoms with Crippen LogP contribution in [-0.4, -0.2) is 11.1 Å². The van der Waals surface area contributed by atoms with Crippen molar-refractivity contribution in [3.8, 4) is 11.1 Å². The Morgan fingerprint density at radius 3 is 2.37 bits per heavy atom. The second-order valence-corrected chi connectivity index (χ2v) is 4.86. The van der Waals surface area contributed by atoms with Gasteiger partial charge in [0, 0.05) is 10.6 Å². The first-order chi connectivity index (χ1) is 9.00. The fourth-order valence-corrected chi connectivity index (χ4v) is 2.47. The molecule has 2 aromatic rings. The van der Waals surface area contributed by atoms with Crippen molar-refractivity contribution in [2.24, 2.45) is 0 Å². The summed E-state index contributed by atoms with van der Waals surface area (Å²) in [6.45, 7) is 0. The van der Waals surface area contributed by atoms with Crippen LogP contribution in [0.4, 0.5) is 5.69 Å². The third-order valence-corrected chi connectivity index (χ3v) is 3.41. The first-order valence-corrected chi connectivity index (χ1v) is 6.30. The molecule has 0 aliphatic heterocycles. The lowest BCUT2D eigenvalue weighted by molar-refractivity contribution is -0.136. The number of hydrogen-bond donors (Lipinski definition) is 2. The van der Waals surface area contributed by atoms with Crippen molar-refractivity contribution in [3.05, 3.63) is 52.0 Å². The maximum Gasteiger partial charge on any atom is 0.307 e. The number of hydrogen-bond acceptors (Lipinski definition) is 2. The Morgan fingerprint density at radius 2 is 1.79 bits per heavy atom. The molecule has 0 bridgehead atoms. The maximum atomic E-state index is 11.0. The highest BCUT2D eigenvalue weighted by atomic mass is 35.5. The van der Waals surface area contributed by atoms with Gasteiger partial charge in [0.1, 0.15) is 0 Å². The lowest BCUT2D eigenvalue weighted by atomic mass is 9.96. The van der Waals surface area contributed by atoms with Crippen molar-refractivity contribution < 1.29 is 9.90 Å². The summed E-state index contributed by atoms with van der Waals surface area (Å²) in [5.41, 5.74) is 8.17. The third kappa shape index (κ3) is 2.83. The number of nitrogens with two attached hydrogens (primary N) is 1. The summed E-state index contributed by atoms with van der Waals surface area (Å²) in [7, 11) is 0. The molecule has 98 valence electrons. The predicted molar refractivity (Wildman–Crippen MR) is 77.7 cm³/mol. The molecule has 0 aromatic heterocycles. The van der Waals surface area contributed by atoms with E-state index in [4.69, 9.17) is 34.0 Å². The molecule has 0 spiro atoms. The van der Waals surface area contributed by atoms with Gasteiger partial charge in [-0.25, -0.2) is 0 Å². The summed E-state index contributed by atoms with van der Waals surface area (Å²) in [6.07, 6.45) is -0.204. The van der Waals surface area contributed by atoms with Crippen LogP contribution in [-0.2, 0) is 11.2 Å². The van der Waals surface area contributed by atoms with E-state index in [1.807, 2.05) is 30.3 Å². The lowest BCUT2D eigenvalue weighted by Crippen LogP contribution is -2.05. The zero-order valence-electron chi connectivity index (χ0n) is 9.86. The van der Waals surface area contributed by atoms with Gasteiger partial charge in [0.05, 0.1) is 17.1 Å². The second kappa shape index (κ2) is 5.51. The van der Waals surface area contributed by atoms with Gasteiger partial charge in [0.2, 0.25) is 0 Å². The van der Waals surface area contributed by atoms with E-state index >= 15 is 0 Å². The van der Waals surface area contributed by atoms with Crippen molar-refractivity contribution in [2.75, 3.05) is 5.73 Å². The summed E-state index contributed by atoms with van der Waals surface area (Å²) in [5.74, 6) is -0.971. The van der Waals surface area contributed by atoms with Crippen molar-refractivity contribution in [2.45, 2.75) is 6.42 Å². The Labute approximate surface area is 120 Å². The number of carboxylic acids is 1. The van der Waals surface area contributed by atoms with E-state index in [0.29, 0.717) is 26.9 Å². The molecule has 0 saturated carbocycles. The molecule has 0 saturated heterocycles. The van der Waals surface area contributed by atoms with E-state index < -0.39 is 5.97 Å². The first kappa shape index (κ1) is 13.7. The standard InChI is InChI=1S/C14H11Cl2NO2/c15-10-7-11(16)14(17)13(9(10)6-12(18)19)8-4-2-1-3-5-8/h1-5,7H,6,17H2,(H,18,19). The fourth-order valence-electron chi connectivity index (χ4n) is 1.94. The Bertz CT molecular complexity index is 627. The topological polar surface area (TPSA) is 63.3 Å². The summed E-state index contributed by atoms with van der Waals surface area (Å²) in [4.78, 5) is 11.0. The molecule has 0 heterocycles. The van der Waals surface area contributed by atoms with Crippen LogP contribution in [0.15, 0.2) is 36.4 Å². The van der Waals surface area contributed by atoms with E-state index in [2.05, 4.69) is 0 Å². The molecule has 0 fully saturated rings. The highest BCUT2D eigenvalue weighted by Gasteiger charge is 2.18. The minimum atomic E-state index is -0.971. The van der Waals surface area contributed by atoms with Crippen LogP contribution in [0.25, 0.3) is 11.1 Å². The van der Waals surface area contributed by atoms with E-state index in [0.717, 1.165) is 5.56 Å². The van der Waals surface area contributed by atoms with E-state index in [-0.39, 0.29) is 6.42 Å². The van der Waals surface area contributed by atoms with Crippen LogP contribution in [0.5, 0.6) is 0 Å². The number of benzene rings is 2. The molecule has 0 radical (unpaired) electrons. The molecule has 5 heteroatoms. The summed E-state index contributed by atoms with van der Waals surface area (Å²) in [5, 5.41) is 9.61. The number of nitrogen functional groups attached to an aromatic ring is 1. The van der Waals surface area contributed by atoms with Gasteiger partial charge in [-0.2, -0.15) is 0 Å². The Morgan fingerprint density at radius 1 is 1.16 bits per heavy atom. The van der Waals surface area contributed by atoms with Gasteiger partial charge < -0.3 is 10.8 Å². The zero-order chi connectivity index (χ0) is 14.0. The highest BCUT2D eigenvalue weighted by Crippen LogP contribution is 2.39. The predicted octanol–water partition coefficient (Wildman–Crippen LogP) is 3.87. The Kier molecular flexibility index (Phi) is 3.98. The lowest BCUT2D eigenvalue weighted by Gasteiger charge is -2.14. The van der Waals surface area contributed by atoms with E-state index in [9.17, 15) is 4.79 Å². The van der Waals surface area contributed by atoms with E-state index in [1.165, 1.54) is 6.07 Å². The van der Waals surface area contributed by atoms with Gasteiger partial charge in [0.15, 0.2) is 0 Å². The van der Waals surface area contributed by atoms with Crippen molar-refractivity contribution in [3.63, 3.8) is 0 Å². The molecular weight excluding hydrogens is 285 g/mol. The summed E-state index contributed by atoms with van der Waals surface area (Å²) < 4.78 is 0. The average molecular weight is 296 g/mol. The second-order valence-electron chi connectivity index (χ2n) is 4.04. The smallest absolute Gasteiger partial charge is 0.307 e. The molecule has 0 aliphatic carbocycles. The van der Waals surface area contributed by atoms with Crippen molar-refractivity contribution in [1.29, 1.82) is 0 Å². The fraction of sp³-hybridized carbons (Fsp3) is 0.0714. The number of aliphatic carboxylic acids is 1. The van der Waals surface area contributed by atoms with Gasteiger partial charge >= 0.3 is 5.97 Å². The minimum Gasteiger partial charge on any atom is -0.481 e. The number of carboxylic acid groups (broad SMARTS) is 1. The van der Waals surface area contributed by atoms with Gasteiger partial charge in [-0.3, -0.25) is 4.79 Å². The van der Waals surface area contributed by atoms with Gasteiger partial charge in [0.25, 0.3) is 0 Å². The minimum absolute atomic E-state index is 0.204. The molecule has 0 aliphatic rings. The number of halogens is 2. The van der Waals surface area contributed by atoms with Crippen molar-refractivity contribution >= 4 is 34.9 Å². The molecule has 3 N–H and O–H groups in total. The maximum absolute atomic E-state index is 11.0. The number of rotatable bonds is 3. The Balaban J connectivity index is 2.72. The number of anilines is 1. The normalized spacial score (nSPS) is 10.4. The third-order valence-electron chi connectivity index (χ3n) is 2.76. The van der Waals surface area contributed by atoms with Crippen molar-refractivity contribution in [1.82, 2.24) is 0 Å². The van der Waals surface area contributed by atoms with Crippen LogP contribution < -0.4 is 5.73 Å². The molecule has 0 atom stereocenters. The van der Waals surface area contributed by atoms with Crippen LogP contribution in [0.2, 0.25) is 10.0 Å². The largest absolute Gasteiger partial charge is 0.481 e. The van der Waals surface area contributed by atoms with Crippen LogP contribution in [0, 0.1) is 0 Å². The summed E-state index contributed by atoms with van der Waals surface area (Å²) >= 11 is 12.1. The summed E-state index contributed by atoms with van der Waals surface area (Å²) in [6, 6.07) is 10.7. The molecular formula is C14H11Cl2NO2. The van der Waals surface area contributed by atoms with Gasteiger partial charge in [-0.15, -0.1) is 0 Å². The average Bonchev–Trinajstić information content (AvgIpc) is 2.37. The van der Waals surface area contributed by atoms with Crippen LogP contribution >= 0.6 is 23.2 Å². The van der Waals surface area contributed by atoms with Gasteiger partial charge in [-0.05, 0) is 17.2 Å². The molecule has 2 rings (SSSR count). The number of carbonyl (C=O) groups is 1. The molecule has 3 nitrogen and oxygen atoms in total. The van der Waals surface area contributed by atoms with Crippen LogP contribution in [0.1, 0.15) is 5.56 Å². The molecule has 0 unspecified atom stereocenters. The molecule has 19 heavy (non-hydrogen) atoms. The SMILES string of the molecule is Nc1c(Cl)cc(Cl)c(CC(=O)O)c1-c1ccccc1. The van der Waals surface area contributed by atoms with Crippen LogP contribution in [0.3, 0.4) is 0 Å². The van der Waals surface area contributed by atoms with E-state index in [1.54, 1.807) is 0 Å². The monoisotopic (exact) mass is 295 g/mol. The quantitative estimate of drug-likeness (QED) is 0.845.